The average Bonchev–Trinajstić information content (AvgIpc) is 3.07. The first-order valence-corrected chi connectivity index (χ1v) is 9.46. The van der Waals surface area contributed by atoms with E-state index in [9.17, 15) is 0 Å². The van der Waals surface area contributed by atoms with Crippen molar-refractivity contribution in [3.05, 3.63) is 71.5 Å². The maximum atomic E-state index is 8.86. The summed E-state index contributed by atoms with van der Waals surface area (Å²) in [5.41, 5.74) is 2.43. The van der Waals surface area contributed by atoms with Crippen molar-refractivity contribution in [3.63, 3.8) is 0 Å². The zero-order chi connectivity index (χ0) is 18.2. The Morgan fingerprint density at radius 2 is 1.81 bits per heavy atom. The number of hydrogen-bond acceptors (Lipinski definition) is 5. The molecule has 3 aromatic rings. The van der Waals surface area contributed by atoms with Gasteiger partial charge in [0, 0.05) is 0 Å². The third-order valence-corrected chi connectivity index (χ3v) is 4.78. The van der Waals surface area contributed by atoms with Gasteiger partial charge in [0.15, 0.2) is 11.0 Å². The number of thioether (sulfide) groups is 1. The molecule has 0 atom stereocenters. The van der Waals surface area contributed by atoms with Crippen molar-refractivity contribution in [1.82, 2.24) is 14.8 Å². The Kier molecular flexibility index (Phi) is 6.29. The summed E-state index contributed by atoms with van der Waals surface area (Å²) in [6.07, 6.45) is 1.01. The fourth-order valence-corrected chi connectivity index (χ4v) is 3.14. The van der Waals surface area contributed by atoms with Crippen LogP contribution < -0.4 is 4.74 Å². The van der Waals surface area contributed by atoms with Crippen molar-refractivity contribution in [2.24, 2.45) is 0 Å². The third-order valence-electron chi connectivity index (χ3n) is 3.94. The number of hydrogen-bond donors (Lipinski definition) is 0. The van der Waals surface area contributed by atoms with Gasteiger partial charge in [0.25, 0.3) is 0 Å². The largest absolute Gasteiger partial charge is 0.486 e. The standard InChI is InChI=1S/C20H20N4OS/c1-2-16-8-10-18(11-9-16)25-15-19-22-23-20(26-13-12-21)24(19)14-17-6-4-3-5-7-17/h3-11H,2,13-15H2,1H3. The van der Waals surface area contributed by atoms with Gasteiger partial charge in [-0.05, 0) is 29.7 Å². The highest BCUT2D eigenvalue weighted by Gasteiger charge is 2.13. The molecule has 5 nitrogen and oxygen atoms in total. The number of aryl methyl sites for hydroxylation is 1. The Morgan fingerprint density at radius 3 is 2.50 bits per heavy atom. The third kappa shape index (κ3) is 4.64. The first-order valence-electron chi connectivity index (χ1n) is 8.47. The van der Waals surface area contributed by atoms with Gasteiger partial charge in [-0.15, -0.1) is 10.2 Å². The van der Waals surface area contributed by atoms with Crippen LogP contribution in [0.25, 0.3) is 0 Å². The highest BCUT2D eigenvalue weighted by molar-refractivity contribution is 7.99. The van der Waals surface area contributed by atoms with E-state index in [1.165, 1.54) is 17.3 Å². The van der Waals surface area contributed by atoms with E-state index in [4.69, 9.17) is 10.00 Å². The number of nitrogens with zero attached hydrogens (tertiary/aromatic N) is 4. The number of aromatic nitrogens is 3. The van der Waals surface area contributed by atoms with E-state index in [1.54, 1.807) is 0 Å². The quantitative estimate of drug-likeness (QED) is 0.564. The summed E-state index contributed by atoms with van der Waals surface area (Å²) in [5, 5.41) is 18.1. The Labute approximate surface area is 157 Å². The van der Waals surface area contributed by atoms with Gasteiger partial charge < -0.3 is 4.74 Å². The number of nitriles is 1. The predicted molar refractivity (Wildman–Crippen MR) is 102 cm³/mol. The highest BCUT2D eigenvalue weighted by Crippen LogP contribution is 2.20. The van der Waals surface area contributed by atoms with E-state index in [1.807, 2.05) is 34.9 Å². The molecule has 0 N–H and O–H groups in total. The Hall–Kier alpha value is -2.78. The van der Waals surface area contributed by atoms with Crippen LogP contribution in [0.1, 0.15) is 23.9 Å². The van der Waals surface area contributed by atoms with Crippen molar-refractivity contribution >= 4 is 11.8 Å². The highest BCUT2D eigenvalue weighted by atomic mass is 32.2. The molecule has 0 unspecified atom stereocenters. The van der Waals surface area contributed by atoms with Gasteiger partial charge in [-0.1, -0.05) is 61.2 Å². The number of benzene rings is 2. The molecule has 2 aromatic carbocycles. The van der Waals surface area contributed by atoms with Gasteiger partial charge in [0.1, 0.15) is 12.4 Å². The Bertz CT molecular complexity index is 869. The van der Waals surface area contributed by atoms with Crippen LogP contribution in [0, 0.1) is 11.3 Å². The predicted octanol–water partition coefficient (Wildman–Crippen LogP) is 4.08. The van der Waals surface area contributed by atoms with Gasteiger partial charge >= 0.3 is 0 Å². The average molecular weight is 364 g/mol. The SMILES string of the molecule is CCc1ccc(OCc2nnc(SCC#N)n2Cc2ccccc2)cc1. The fraction of sp³-hybridized carbons (Fsp3) is 0.250. The molecule has 6 heteroatoms. The van der Waals surface area contributed by atoms with Crippen molar-refractivity contribution in [2.75, 3.05) is 5.75 Å². The Balaban J connectivity index is 1.76. The van der Waals surface area contributed by atoms with E-state index >= 15 is 0 Å². The zero-order valence-electron chi connectivity index (χ0n) is 14.6. The monoisotopic (exact) mass is 364 g/mol. The molecule has 0 aliphatic rings. The number of rotatable bonds is 8. The van der Waals surface area contributed by atoms with Crippen molar-refractivity contribution in [1.29, 1.82) is 5.26 Å². The molecule has 1 heterocycles. The van der Waals surface area contributed by atoms with Crippen molar-refractivity contribution in [2.45, 2.75) is 31.7 Å². The maximum Gasteiger partial charge on any atom is 0.192 e. The van der Waals surface area contributed by atoms with Crippen LogP contribution in [-0.2, 0) is 19.6 Å². The summed E-state index contributed by atoms with van der Waals surface area (Å²) < 4.78 is 7.90. The second-order valence-corrected chi connectivity index (χ2v) is 6.65. The minimum absolute atomic E-state index is 0.332. The van der Waals surface area contributed by atoms with Crippen LogP contribution in [0.3, 0.4) is 0 Å². The van der Waals surface area contributed by atoms with Crippen LogP contribution in [0.2, 0.25) is 0 Å². The summed E-state index contributed by atoms with van der Waals surface area (Å²) in [5.74, 6) is 1.89. The zero-order valence-corrected chi connectivity index (χ0v) is 15.4. The molecule has 0 bridgehead atoms. The van der Waals surface area contributed by atoms with Gasteiger partial charge in [-0.2, -0.15) is 5.26 Å². The molecule has 1 aromatic heterocycles. The molecule has 26 heavy (non-hydrogen) atoms. The second kappa shape index (κ2) is 9.07. The fourth-order valence-electron chi connectivity index (χ4n) is 2.52. The van der Waals surface area contributed by atoms with Crippen LogP contribution >= 0.6 is 11.8 Å². The van der Waals surface area contributed by atoms with E-state index in [0.29, 0.717) is 18.9 Å². The van der Waals surface area contributed by atoms with Crippen molar-refractivity contribution < 1.29 is 4.74 Å². The second-order valence-electron chi connectivity index (χ2n) is 5.70. The first-order chi connectivity index (χ1) is 12.8. The normalized spacial score (nSPS) is 10.5. The molecule has 0 amide bonds. The van der Waals surface area contributed by atoms with E-state index in [2.05, 4.69) is 47.5 Å². The van der Waals surface area contributed by atoms with Gasteiger partial charge in [-0.3, -0.25) is 4.57 Å². The first kappa shape index (κ1) is 18.0. The minimum atomic E-state index is 0.332. The minimum Gasteiger partial charge on any atom is -0.486 e. The molecule has 3 rings (SSSR count). The molecule has 132 valence electrons. The summed E-state index contributed by atoms with van der Waals surface area (Å²) in [6.45, 7) is 3.11. The van der Waals surface area contributed by atoms with Crippen LogP contribution in [0.5, 0.6) is 5.75 Å². The van der Waals surface area contributed by atoms with Gasteiger partial charge in [0.05, 0.1) is 18.4 Å². The molecule has 0 saturated carbocycles. The van der Waals surface area contributed by atoms with E-state index < -0.39 is 0 Å². The lowest BCUT2D eigenvalue weighted by molar-refractivity contribution is 0.289. The topological polar surface area (TPSA) is 63.7 Å². The summed E-state index contributed by atoms with van der Waals surface area (Å²) in [4.78, 5) is 0. The molecular formula is C20H20N4OS. The summed E-state index contributed by atoms with van der Waals surface area (Å²) in [7, 11) is 0. The Morgan fingerprint density at radius 1 is 1.04 bits per heavy atom. The van der Waals surface area contributed by atoms with E-state index in [-0.39, 0.29) is 0 Å². The van der Waals surface area contributed by atoms with E-state index in [0.717, 1.165) is 28.7 Å². The smallest absolute Gasteiger partial charge is 0.192 e. The van der Waals surface area contributed by atoms with Gasteiger partial charge in [0.2, 0.25) is 0 Å². The molecule has 0 aliphatic carbocycles. The summed E-state index contributed by atoms with van der Waals surface area (Å²) >= 11 is 1.39. The molecule has 0 spiro atoms. The van der Waals surface area contributed by atoms with Crippen LogP contribution in [-0.4, -0.2) is 20.5 Å². The lowest BCUT2D eigenvalue weighted by Gasteiger charge is -2.11. The molecule has 0 radical (unpaired) electrons. The lowest BCUT2D eigenvalue weighted by atomic mass is 10.2. The van der Waals surface area contributed by atoms with Crippen LogP contribution in [0.15, 0.2) is 59.8 Å². The lowest BCUT2D eigenvalue weighted by Crippen LogP contribution is -2.09. The molecular weight excluding hydrogens is 344 g/mol. The molecule has 0 saturated heterocycles. The number of ether oxygens (including phenoxy) is 1. The van der Waals surface area contributed by atoms with Gasteiger partial charge in [-0.25, -0.2) is 0 Å². The maximum absolute atomic E-state index is 8.86. The van der Waals surface area contributed by atoms with Crippen molar-refractivity contribution in [3.8, 4) is 11.8 Å². The molecule has 0 fully saturated rings. The van der Waals surface area contributed by atoms with Crippen LogP contribution in [0.4, 0.5) is 0 Å². The molecule has 0 aliphatic heterocycles. The summed E-state index contributed by atoms with van der Waals surface area (Å²) in [6, 6.07) is 20.3.